The fraction of sp³-hybridized carbons (Fsp3) is 0.611. The Hall–Kier alpha value is -1.95. The van der Waals surface area contributed by atoms with Crippen molar-refractivity contribution in [3.8, 4) is 0 Å². The Morgan fingerprint density at radius 1 is 1.29 bits per heavy atom. The summed E-state index contributed by atoms with van der Waals surface area (Å²) in [7, 11) is 4.08. The highest BCUT2D eigenvalue weighted by Crippen LogP contribution is 2.22. The smallest absolute Gasteiger partial charge is 0.315 e. The number of rotatable bonds is 6. The molecule has 1 aromatic carbocycles. The highest BCUT2D eigenvalue weighted by molar-refractivity contribution is 5.74. The average molecular weight is 334 g/mol. The molecule has 0 bridgehead atoms. The fourth-order valence-corrected chi connectivity index (χ4v) is 2.93. The number of urea groups is 1. The molecule has 0 aliphatic carbocycles. The zero-order chi connectivity index (χ0) is 17.5. The van der Waals surface area contributed by atoms with Gasteiger partial charge in [-0.05, 0) is 43.5 Å². The predicted octanol–water partition coefficient (Wildman–Crippen LogP) is 1.79. The Kier molecular flexibility index (Phi) is 6.73. The van der Waals surface area contributed by atoms with Crippen molar-refractivity contribution in [2.75, 3.05) is 43.6 Å². The minimum absolute atomic E-state index is 0.0225. The lowest BCUT2D eigenvalue weighted by Gasteiger charge is -2.34. The van der Waals surface area contributed by atoms with Gasteiger partial charge in [0.2, 0.25) is 0 Å². The number of aliphatic hydroxyl groups excluding tert-OH is 1. The molecule has 2 amide bonds. The van der Waals surface area contributed by atoms with E-state index < -0.39 is 0 Å². The molecule has 1 aliphatic heterocycles. The standard InChI is InChI=1S/C18H30N4O2/c1-4-14(13-23)19-18(24)20-15-9-11-22(12-10-15)17-7-5-16(6-8-17)21(2)3/h5-8,14-15,23H,4,9-13H2,1-3H3,(H2,19,20,24). The minimum atomic E-state index is -0.176. The molecule has 0 saturated carbocycles. The number of carbonyl (C=O) groups excluding carboxylic acids is 1. The van der Waals surface area contributed by atoms with Crippen molar-refractivity contribution in [3.05, 3.63) is 24.3 Å². The van der Waals surface area contributed by atoms with Gasteiger partial charge in [-0.2, -0.15) is 0 Å². The SMILES string of the molecule is CCC(CO)NC(=O)NC1CCN(c2ccc(N(C)C)cc2)CC1. The predicted molar refractivity (Wildman–Crippen MR) is 98.8 cm³/mol. The van der Waals surface area contributed by atoms with Gasteiger partial charge >= 0.3 is 6.03 Å². The van der Waals surface area contributed by atoms with Crippen LogP contribution in [0.3, 0.4) is 0 Å². The van der Waals surface area contributed by atoms with Gasteiger partial charge in [-0.1, -0.05) is 6.92 Å². The summed E-state index contributed by atoms with van der Waals surface area (Å²) in [6, 6.07) is 8.43. The number of benzene rings is 1. The summed E-state index contributed by atoms with van der Waals surface area (Å²) in [4.78, 5) is 16.4. The number of aliphatic hydroxyl groups is 1. The first-order valence-electron chi connectivity index (χ1n) is 8.73. The van der Waals surface area contributed by atoms with E-state index >= 15 is 0 Å². The lowest BCUT2D eigenvalue weighted by Crippen LogP contribution is -2.50. The van der Waals surface area contributed by atoms with Crippen molar-refractivity contribution in [3.63, 3.8) is 0 Å². The van der Waals surface area contributed by atoms with Gasteiger partial charge in [0.1, 0.15) is 0 Å². The van der Waals surface area contributed by atoms with Gasteiger partial charge in [0.25, 0.3) is 0 Å². The molecule has 0 radical (unpaired) electrons. The number of piperidine rings is 1. The quantitative estimate of drug-likeness (QED) is 0.742. The van der Waals surface area contributed by atoms with Gasteiger partial charge in [0.05, 0.1) is 12.6 Å². The van der Waals surface area contributed by atoms with Crippen LogP contribution in [0.4, 0.5) is 16.2 Å². The summed E-state index contributed by atoms with van der Waals surface area (Å²) in [5.74, 6) is 0. The van der Waals surface area contributed by atoms with E-state index in [1.807, 2.05) is 21.0 Å². The van der Waals surface area contributed by atoms with Crippen LogP contribution in [0, 0.1) is 0 Å². The molecule has 1 unspecified atom stereocenters. The van der Waals surface area contributed by atoms with E-state index in [-0.39, 0.29) is 24.7 Å². The van der Waals surface area contributed by atoms with Gasteiger partial charge in [-0.25, -0.2) is 4.79 Å². The number of nitrogens with one attached hydrogen (secondary N) is 2. The third kappa shape index (κ3) is 5.03. The second-order valence-electron chi connectivity index (χ2n) is 6.58. The Bertz CT molecular complexity index is 506. The molecule has 1 saturated heterocycles. The maximum Gasteiger partial charge on any atom is 0.315 e. The Morgan fingerprint density at radius 2 is 1.92 bits per heavy atom. The first kappa shape index (κ1) is 18.4. The largest absolute Gasteiger partial charge is 0.394 e. The molecule has 6 heteroatoms. The summed E-state index contributed by atoms with van der Waals surface area (Å²) in [5.41, 5.74) is 2.43. The van der Waals surface area contributed by atoms with Crippen LogP contribution in [0.2, 0.25) is 0 Å². The van der Waals surface area contributed by atoms with Gasteiger partial charge in [-0.15, -0.1) is 0 Å². The second-order valence-corrected chi connectivity index (χ2v) is 6.58. The zero-order valence-electron chi connectivity index (χ0n) is 15.0. The molecule has 1 aliphatic rings. The van der Waals surface area contributed by atoms with Crippen molar-refractivity contribution in [2.24, 2.45) is 0 Å². The highest BCUT2D eigenvalue weighted by Gasteiger charge is 2.21. The van der Waals surface area contributed by atoms with Crippen LogP contribution in [-0.2, 0) is 0 Å². The molecule has 24 heavy (non-hydrogen) atoms. The van der Waals surface area contributed by atoms with Crippen molar-refractivity contribution < 1.29 is 9.90 Å². The summed E-state index contributed by atoms with van der Waals surface area (Å²) in [6.07, 6.45) is 2.59. The second kappa shape index (κ2) is 8.78. The molecular formula is C18H30N4O2. The topological polar surface area (TPSA) is 67.8 Å². The van der Waals surface area contributed by atoms with Crippen molar-refractivity contribution in [1.29, 1.82) is 0 Å². The molecule has 1 heterocycles. The number of carbonyl (C=O) groups is 1. The van der Waals surface area contributed by atoms with E-state index in [4.69, 9.17) is 5.11 Å². The molecule has 1 aromatic rings. The molecule has 3 N–H and O–H groups in total. The first-order chi connectivity index (χ1) is 11.5. The third-order valence-corrected chi connectivity index (χ3v) is 4.61. The summed E-state index contributed by atoms with van der Waals surface area (Å²) in [6.45, 7) is 3.79. The normalized spacial score (nSPS) is 16.6. The van der Waals surface area contributed by atoms with Crippen molar-refractivity contribution >= 4 is 17.4 Å². The maximum absolute atomic E-state index is 11.9. The monoisotopic (exact) mass is 334 g/mol. The van der Waals surface area contributed by atoms with E-state index in [0.29, 0.717) is 0 Å². The summed E-state index contributed by atoms with van der Waals surface area (Å²) < 4.78 is 0. The lowest BCUT2D eigenvalue weighted by atomic mass is 10.0. The van der Waals surface area contributed by atoms with E-state index in [1.165, 1.54) is 11.4 Å². The Morgan fingerprint density at radius 3 is 2.42 bits per heavy atom. The van der Waals surface area contributed by atoms with Crippen LogP contribution in [0.15, 0.2) is 24.3 Å². The Labute approximate surface area is 144 Å². The van der Waals surface area contributed by atoms with Crippen LogP contribution < -0.4 is 20.4 Å². The Balaban J connectivity index is 1.79. The van der Waals surface area contributed by atoms with Crippen molar-refractivity contribution in [2.45, 2.75) is 38.3 Å². The van der Waals surface area contributed by atoms with E-state index in [1.54, 1.807) is 0 Å². The van der Waals surface area contributed by atoms with Crippen LogP contribution in [0.5, 0.6) is 0 Å². The summed E-state index contributed by atoms with van der Waals surface area (Å²) >= 11 is 0. The van der Waals surface area contributed by atoms with Gasteiger partial charge in [0, 0.05) is 44.6 Å². The van der Waals surface area contributed by atoms with Crippen LogP contribution in [0.25, 0.3) is 0 Å². The number of anilines is 2. The van der Waals surface area contributed by atoms with Gasteiger partial charge < -0.3 is 25.5 Å². The lowest BCUT2D eigenvalue weighted by molar-refractivity contribution is 0.210. The molecule has 1 atom stereocenters. The van der Waals surface area contributed by atoms with Crippen LogP contribution >= 0.6 is 0 Å². The van der Waals surface area contributed by atoms with Crippen LogP contribution in [-0.4, -0.2) is 57.0 Å². The zero-order valence-corrected chi connectivity index (χ0v) is 15.0. The molecule has 0 spiro atoms. The number of hydrogen-bond acceptors (Lipinski definition) is 4. The minimum Gasteiger partial charge on any atom is -0.394 e. The van der Waals surface area contributed by atoms with Crippen molar-refractivity contribution in [1.82, 2.24) is 10.6 Å². The van der Waals surface area contributed by atoms with E-state index in [0.717, 1.165) is 32.4 Å². The molecule has 1 fully saturated rings. The van der Waals surface area contributed by atoms with Gasteiger partial charge in [0.15, 0.2) is 0 Å². The maximum atomic E-state index is 11.9. The highest BCUT2D eigenvalue weighted by atomic mass is 16.3. The molecule has 0 aromatic heterocycles. The molecular weight excluding hydrogens is 304 g/mol. The number of amides is 2. The third-order valence-electron chi connectivity index (χ3n) is 4.61. The number of hydrogen-bond donors (Lipinski definition) is 3. The molecule has 2 rings (SSSR count). The van der Waals surface area contributed by atoms with Crippen LogP contribution in [0.1, 0.15) is 26.2 Å². The van der Waals surface area contributed by atoms with E-state index in [2.05, 4.69) is 44.7 Å². The molecule has 134 valence electrons. The fourth-order valence-electron chi connectivity index (χ4n) is 2.93. The first-order valence-corrected chi connectivity index (χ1v) is 8.73. The summed E-state index contributed by atoms with van der Waals surface area (Å²) in [5, 5.41) is 15.0. The molecule has 6 nitrogen and oxygen atoms in total. The average Bonchev–Trinajstić information content (AvgIpc) is 2.60. The van der Waals surface area contributed by atoms with E-state index in [9.17, 15) is 4.79 Å². The number of nitrogens with zero attached hydrogens (tertiary/aromatic N) is 2. The van der Waals surface area contributed by atoms with Gasteiger partial charge in [-0.3, -0.25) is 0 Å².